The first-order valence-electron chi connectivity index (χ1n) is 11.7. The van der Waals surface area contributed by atoms with Crippen LogP contribution in [0, 0.1) is 12.7 Å². The summed E-state index contributed by atoms with van der Waals surface area (Å²) in [5.41, 5.74) is 4.32. The van der Waals surface area contributed by atoms with Gasteiger partial charge >= 0.3 is 6.03 Å². The highest BCUT2D eigenvalue weighted by Gasteiger charge is 2.30. The number of nitrogens with zero attached hydrogens (tertiary/aromatic N) is 2. The van der Waals surface area contributed by atoms with Gasteiger partial charge in [-0.05, 0) is 67.3 Å². The van der Waals surface area contributed by atoms with Crippen molar-refractivity contribution < 1.29 is 19.1 Å². The number of benzene rings is 3. The molecule has 1 aliphatic rings. The lowest BCUT2D eigenvalue weighted by Gasteiger charge is -2.09. The number of nitrogens with one attached hydrogen (secondary N) is 2. The zero-order valence-electron chi connectivity index (χ0n) is 19.7. The molecule has 0 bridgehead atoms. The summed E-state index contributed by atoms with van der Waals surface area (Å²) in [4.78, 5) is 25.5. The largest absolute Gasteiger partial charge is 0.507 e. The fraction of sp³-hybridized carbons (Fsp3) is 0.179. The number of aryl methyl sites for hydroxylation is 1. The molecule has 3 aromatic carbocycles. The van der Waals surface area contributed by atoms with Gasteiger partial charge in [-0.1, -0.05) is 30.3 Å². The molecule has 0 saturated heterocycles. The van der Waals surface area contributed by atoms with Crippen LogP contribution in [0.2, 0.25) is 0 Å². The molecule has 5 rings (SSSR count). The van der Waals surface area contributed by atoms with E-state index in [-0.39, 0.29) is 29.9 Å². The molecule has 0 spiro atoms. The van der Waals surface area contributed by atoms with Crippen molar-refractivity contribution in [2.45, 2.75) is 32.2 Å². The summed E-state index contributed by atoms with van der Waals surface area (Å²) >= 11 is 0. The van der Waals surface area contributed by atoms with Crippen molar-refractivity contribution in [1.29, 1.82) is 0 Å². The Hall–Kier alpha value is -4.46. The van der Waals surface area contributed by atoms with Crippen molar-refractivity contribution in [2.24, 2.45) is 0 Å². The molecule has 1 heterocycles. The molecule has 1 aromatic heterocycles. The van der Waals surface area contributed by atoms with Crippen LogP contribution in [-0.2, 0) is 6.54 Å². The Morgan fingerprint density at radius 3 is 2.50 bits per heavy atom. The van der Waals surface area contributed by atoms with Crippen LogP contribution < -0.4 is 10.6 Å². The lowest BCUT2D eigenvalue weighted by Crippen LogP contribution is -2.30. The number of aromatic hydroxyl groups is 1. The van der Waals surface area contributed by atoms with E-state index < -0.39 is 6.03 Å². The summed E-state index contributed by atoms with van der Waals surface area (Å²) in [6, 6.07) is 19.4. The standard InChI is InChI=1S/C28H25FN4O3/c1-17-4-2-3-5-22(17)27(35)31-21-12-13-23(26(34)14-21)24-15-25(19-8-9-19)33(32-24)28(36)30-16-18-6-10-20(29)11-7-18/h2-7,10-15,19,34H,8-9,16H2,1H3,(H,30,36)(H,31,35). The number of phenolic OH excluding ortho intramolecular Hbond substituents is 1. The van der Waals surface area contributed by atoms with E-state index in [1.807, 2.05) is 25.1 Å². The number of amides is 2. The predicted molar refractivity (Wildman–Crippen MR) is 134 cm³/mol. The monoisotopic (exact) mass is 484 g/mol. The zero-order valence-corrected chi connectivity index (χ0v) is 19.7. The first-order valence-corrected chi connectivity index (χ1v) is 11.7. The summed E-state index contributed by atoms with van der Waals surface area (Å²) in [6.07, 6.45) is 1.93. The van der Waals surface area contributed by atoms with Crippen molar-refractivity contribution in [1.82, 2.24) is 15.1 Å². The third-order valence-corrected chi connectivity index (χ3v) is 6.20. The molecule has 1 fully saturated rings. The van der Waals surface area contributed by atoms with Gasteiger partial charge in [-0.2, -0.15) is 9.78 Å². The molecule has 2 amide bonds. The summed E-state index contributed by atoms with van der Waals surface area (Å²) in [7, 11) is 0. The highest BCUT2D eigenvalue weighted by molar-refractivity contribution is 6.05. The van der Waals surface area contributed by atoms with E-state index >= 15 is 0 Å². The molecule has 0 unspecified atom stereocenters. The molecule has 0 radical (unpaired) electrons. The topological polar surface area (TPSA) is 96.3 Å². The third-order valence-electron chi connectivity index (χ3n) is 6.20. The van der Waals surface area contributed by atoms with Crippen molar-refractivity contribution in [2.75, 3.05) is 5.32 Å². The van der Waals surface area contributed by atoms with Gasteiger partial charge in [0.1, 0.15) is 11.6 Å². The summed E-state index contributed by atoms with van der Waals surface area (Å²) in [5.74, 6) is -0.425. The SMILES string of the molecule is Cc1ccccc1C(=O)Nc1ccc(-c2cc(C3CC3)n(C(=O)NCc3ccc(F)cc3)n2)c(O)c1. The number of hydrogen-bond acceptors (Lipinski definition) is 4. The van der Waals surface area contributed by atoms with E-state index in [2.05, 4.69) is 15.7 Å². The highest BCUT2D eigenvalue weighted by Crippen LogP contribution is 2.42. The molecular weight excluding hydrogens is 459 g/mol. The first kappa shape index (κ1) is 23.3. The van der Waals surface area contributed by atoms with Crippen molar-refractivity contribution >= 4 is 17.6 Å². The maximum Gasteiger partial charge on any atom is 0.342 e. The number of halogens is 1. The normalized spacial score (nSPS) is 12.8. The van der Waals surface area contributed by atoms with Gasteiger partial charge in [0.25, 0.3) is 5.91 Å². The molecule has 7 nitrogen and oxygen atoms in total. The predicted octanol–water partition coefficient (Wildman–Crippen LogP) is 5.59. The van der Waals surface area contributed by atoms with Gasteiger partial charge in [0.15, 0.2) is 0 Å². The van der Waals surface area contributed by atoms with Crippen LogP contribution in [0.3, 0.4) is 0 Å². The maximum atomic E-state index is 13.1. The summed E-state index contributed by atoms with van der Waals surface area (Å²) < 4.78 is 14.5. The van der Waals surface area contributed by atoms with E-state index in [1.54, 1.807) is 36.4 Å². The molecule has 0 aliphatic heterocycles. The van der Waals surface area contributed by atoms with E-state index in [9.17, 15) is 19.1 Å². The minimum Gasteiger partial charge on any atom is -0.507 e. The maximum absolute atomic E-state index is 13.1. The van der Waals surface area contributed by atoms with E-state index in [0.717, 1.165) is 29.7 Å². The Kier molecular flexibility index (Phi) is 6.25. The third kappa shape index (κ3) is 4.98. The van der Waals surface area contributed by atoms with Crippen LogP contribution >= 0.6 is 0 Å². The quantitative estimate of drug-likeness (QED) is 0.332. The fourth-order valence-corrected chi connectivity index (χ4v) is 4.07. The van der Waals surface area contributed by atoms with Gasteiger partial charge in [-0.15, -0.1) is 0 Å². The average Bonchev–Trinajstić information content (AvgIpc) is 3.62. The molecule has 0 atom stereocenters. The Labute approximate surface area is 207 Å². The van der Waals surface area contributed by atoms with Crippen LogP contribution in [0.4, 0.5) is 14.9 Å². The molecule has 182 valence electrons. The first-order chi connectivity index (χ1) is 17.4. The minimum absolute atomic E-state index is 0.0590. The molecule has 36 heavy (non-hydrogen) atoms. The zero-order chi connectivity index (χ0) is 25.2. The number of carbonyl (C=O) groups is 2. The van der Waals surface area contributed by atoms with Crippen molar-refractivity contribution in [3.05, 3.63) is 101 Å². The second kappa shape index (κ2) is 9.65. The van der Waals surface area contributed by atoms with Gasteiger partial charge in [0, 0.05) is 35.3 Å². The number of aromatic nitrogens is 2. The van der Waals surface area contributed by atoms with Crippen LogP contribution in [0.25, 0.3) is 11.3 Å². The second-order valence-electron chi connectivity index (χ2n) is 8.93. The Balaban J connectivity index is 1.34. The summed E-state index contributed by atoms with van der Waals surface area (Å²) in [5, 5.41) is 20.8. The second-order valence-corrected chi connectivity index (χ2v) is 8.93. The van der Waals surface area contributed by atoms with E-state index in [0.29, 0.717) is 22.5 Å². The van der Waals surface area contributed by atoms with Crippen LogP contribution in [0.15, 0.2) is 72.8 Å². The Morgan fingerprint density at radius 2 is 1.81 bits per heavy atom. The number of rotatable bonds is 6. The molecule has 8 heteroatoms. The lowest BCUT2D eigenvalue weighted by molar-refractivity contribution is 0.102. The van der Waals surface area contributed by atoms with Gasteiger partial charge in [0.05, 0.1) is 11.4 Å². The van der Waals surface area contributed by atoms with Gasteiger partial charge in [-0.3, -0.25) is 4.79 Å². The van der Waals surface area contributed by atoms with Gasteiger partial charge in [0.2, 0.25) is 0 Å². The van der Waals surface area contributed by atoms with Crippen molar-refractivity contribution in [3.63, 3.8) is 0 Å². The van der Waals surface area contributed by atoms with E-state index in [4.69, 9.17) is 0 Å². The Morgan fingerprint density at radius 1 is 1.06 bits per heavy atom. The molecule has 4 aromatic rings. The lowest BCUT2D eigenvalue weighted by atomic mass is 10.1. The number of hydrogen-bond donors (Lipinski definition) is 3. The molecule has 1 aliphatic carbocycles. The highest BCUT2D eigenvalue weighted by atomic mass is 19.1. The fourth-order valence-electron chi connectivity index (χ4n) is 4.07. The number of anilines is 1. The molecule has 1 saturated carbocycles. The number of carbonyl (C=O) groups excluding carboxylic acids is 2. The van der Waals surface area contributed by atoms with Crippen molar-refractivity contribution in [3.8, 4) is 17.0 Å². The summed E-state index contributed by atoms with van der Waals surface area (Å²) in [6.45, 7) is 2.10. The average molecular weight is 485 g/mol. The van der Waals surface area contributed by atoms with Gasteiger partial charge < -0.3 is 15.7 Å². The number of phenols is 1. The van der Waals surface area contributed by atoms with Crippen LogP contribution in [0.5, 0.6) is 5.75 Å². The van der Waals surface area contributed by atoms with Crippen LogP contribution in [-0.4, -0.2) is 26.8 Å². The molecular formula is C28H25FN4O3. The van der Waals surface area contributed by atoms with Gasteiger partial charge in [-0.25, -0.2) is 9.18 Å². The molecule has 3 N–H and O–H groups in total. The van der Waals surface area contributed by atoms with E-state index in [1.165, 1.54) is 22.9 Å². The van der Waals surface area contributed by atoms with Crippen LogP contribution in [0.1, 0.15) is 45.9 Å². The minimum atomic E-state index is -0.394. The smallest absolute Gasteiger partial charge is 0.342 e. The Bertz CT molecular complexity index is 1440.